The highest BCUT2D eigenvalue weighted by molar-refractivity contribution is 6.36. The van der Waals surface area contributed by atoms with Gasteiger partial charge in [0, 0.05) is 16.5 Å². The number of methoxy groups -OCH3 is 1. The molecule has 0 saturated carbocycles. The minimum Gasteiger partial charge on any atom is -0.508 e. The van der Waals surface area contributed by atoms with Crippen LogP contribution >= 0.6 is 23.2 Å². The Morgan fingerprint density at radius 3 is 2.36 bits per heavy atom. The van der Waals surface area contributed by atoms with Gasteiger partial charge in [-0.15, -0.1) is 0 Å². The van der Waals surface area contributed by atoms with Gasteiger partial charge in [-0.25, -0.2) is 4.79 Å². The lowest BCUT2D eigenvalue weighted by atomic mass is 9.96. The number of phenolic OH excluding ortho intramolecular Hbond substituents is 1. The van der Waals surface area contributed by atoms with Gasteiger partial charge in [-0.2, -0.15) is 0 Å². The summed E-state index contributed by atoms with van der Waals surface area (Å²) in [6.45, 7) is 3.83. The van der Waals surface area contributed by atoms with Gasteiger partial charge in [0.1, 0.15) is 11.5 Å². The first kappa shape index (κ1) is 19.4. The number of phenols is 1. The molecule has 0 saturated heterocycles. The maximum Gasteiger partial charge on any atom is 0.343 e. The molecular weight excluding hydrogens is 363 g/mol. The summed E-state index contributed by atoms with van der Waals surface area (Å²) in [5.41, 5.74) is 2.63. The van der Waals surface area contributed by atoms with Gasteiger partial charge in [-0.3, -0.25) is 0 Å². The van der Waals surface area contributed by atoms with Crippen molar-refractivity contribution >= 4 is 29.2 Å². The van der Waals surface area contributed by atoms with Crippen LogP contribution in [0.2, 0.25) is 10.0 Å². The van der Waals surface area contributed by atoms with Crippen LogP contribution < -0.4 is 4.74 Å². The molecule has 134 valence electrons. The zero-order chi connectivity index (χ0) is 18.6. The van der Waals surface area contributed by atoms with Crippen molar-refractivity contribution in [3.63, 3.8) is 0 Å². The third-order valence-corrected chi connectivity index (χ3v) is 4.47. The Balaban J connectivity index is 2.23. The minimum atomic E-state index is -0.485. The number of esters is 1. The van der Waals surface area contributed by atoms with Crippen molar-refractivity contribution in [2.75, 3.05) is 13.7 Å². The minimum absolute atomic E-state index is 0.208. The van der Waals surface area contributed by atoms with Crippen molar-refractivity contribution in [3.8, 4) is 11.5 Å². The summed E-state index contributed by atoms with van der Waals surface area (Å²) >= 11 is 12.7. The van der Waals surface area contributed by atoms with Crippen LogP contribution in [0.15, 0.2) is 30.3 Å². The number of halogens is 2. The van der Waals surface area contributed by atoms with E-state index in [2.05, 4.69) is 4.74 Å². The Bertz CT molecular complexity index is 749. The lowest BCUT2D eigenvalue weighted by Gasteiger charge is -2.13. The molecule has 0 radical (unpaired) electrons. The summed E-state index contributed by atoms with van der Waals surface area (Å²) in [5, 5.41) is 10.8. The van der Waals surface area contributed by atoms with E-state index in [0.29, 0.717) is 22.2 Å². The van der Waals surface area contributed by atoms with Crippen molar-refractivity contribution in [1.29, 1.82) is 0 Å². The van der Waals surface area contributed by atoms with E-state index in [4.69, 9.17) is 27.9 Å². The van der Waals surface area contributed by atoms with E-state index in [1.807, 2.05) is 26.0 Å². The van der Waals surface area contributed by atoms with Crippen LogP contribution in [0.5, 0.6) is 11.5 Å². The molecule has 0 fully saturated rings. The predicted octanol–water partition coefficient (Wildman–Crippen LogP) is 4.97. The highest BCUT2D eigenvalue weighted by atomic mass is 35.5. The van der Waals surface area contributed by atoms with E-state index < -0.39 is 5.97 Å². The first-order valence-corrected chi connectivity index (χ1v) is 8.56. The lowest BCUT2D eigenvalue weighted by molar-refractivity contribution is -0.142. The molecule has 0 aromatic heterocycles. The maximum atomic E-state index is 11.1. The molecule has 0 spiro atoms. The highest BCUT2D eigenvalue weighted by Crippen LogP contribution is 2.33. The molecular formula is C19H20Cl2O4. The van der Waals surface area contributed by atoms with Crippen molar-refractivity contribution in [2.45, 2.75) is 26.2 Å². The van der Waals surface area contributed by atoms with Crippen LogP contribution in [-0.2, 0) is 16.0 Å². The summed E-state index contributed by atoms with van der Waals surface area (Å²) in [5.74, 6) is 0.404. The van der Waals surface area contributed by atoms with Gasteiger partial charge < -0.3 is 14.6 Å². The molecule has 4 nitrogen and oxygen atoms in total. The SMILES string of the molecule is COC(=O)COc1cc(Cl)c(Cc2ccc(O)c(C(C)C)c2)c(Cl)c1. The van der Waals surface area contributed by atoms with Crippen LogP contribution in [0.3, 0.4) is 0 Å². The second kappa shape index (κ2) is 8.45. The van der Waals surface area contributed by atoms with Gasteiger partial charge in [-0.05, 0) is 40.8 Å². The topological polar surface area (TPSA) is 55.8 Å². The number of aromatic hydroxyl groups is 1. The molecule has 0 heterocycles. The molecule has 2 aromatic rings. The van der Waals surface area contributed by atoms with Gasteiger partial charge >= 0.3 is 5.97 Å². The third kappa shape index (κ3) is 5.03. The van der Waals surface area contributed by atoms with Crippen molar-refractivity contribution in [3.05, 3.63) is 57.1 Å². The summed E-state index contributed by atoms with van der Waals surface area (Å²) in [6.07, 6.45) is 0.523. The van der Waals surface area contributed by atoms with E-state index >= 15 is 0 Å². The number of hydrogen-bond acceptors (Lipinski definition) is 4. The molecule has 2 aromatic carbocycles. The van der Waals surface area contributed by atoms with E-state index in [1.54, 1.807) is 18.2 Å². The molecule has 0 amide bonds. The fourth-order valence-corrected chi connectivity index (χ4v) is 3.01. The average Bonchev–Trinajstić information content (AvgIpc) is 2.57. The highest BCUT2D eigenvalue weighted by Gasteiger charge is 2.13. The van der Waals surface area contributed by atoms with Crippen molar-refractivity contribution in [2.24, 2.45) is 0 Å². The Morgan fingerprint density at radius 2 is 1.80 bits per heavy atom. The van der Waals surface area contributed by atoms with Crippen LogP contribution in [-0.4, -0.2) is 24.8 Å². The van der Waals surface area contributed by atoms with E-state index in [1.165, 1.54) is 7.11 Å². The number of benzene rings is 2. The zero-order valence-corrected chi connectivity index (χ0v) is 15.8. The normalized spacial score (nSPS) is 10.8. The third-order valence-electron chi connectivity index (χ3n) is 3.79. The molecule has 25 heavy (non-hydrogen) atoms. The fourth-order valence-electron chi connectivity index (χ4n) is 2.41. The smallest absolute Gasteiger partial charge is 0.343 e. The Hall–Kier alpha value is -1.91. The zero-order valence-electron chi connectivity index (χ0n) is 14.3. The Morgan fingerprint density at radius 1 is 1.16 bits per heavy atom. The molecule has 0 bridgehead atoms. The predicted molar refractivity (Wildman–Crippen MR) is 99.0 cm³/mol. The van der Waals surface area contributed by atoms with Gasteiger partial charge in [-0.1, -0.05) is 49.2 Å². The summed E-state index contributed by atoms with van der Waals surface area (Å²) in [4.78, 5) is 11.1. The van der Waals surface area contributed by atoms with Crippen LogP contribution in [0.1, 0.15) is 36.5 Å². The van der Waals surface area contributed by atoms with Gasteiger partial charge in [0.25, 0.3) is 0 Å². The molecule has 0 unspecified atom stereocenters. The molecule has 0 aliphatic heterocycles. The van der Waals surface area contributed by atoms with Gasteiger partial charge in [0.2, 0.25) is 0 Å². The van der Waals surface area contributed by atoms with Gasteiger partial charge in [0.15, 0.2) is 6.61 Å². The number of hydrogen-bond donors (Lipinski definition) is 1. The number of carbonyl (C=O) groups is 1. The second-order valence-electron chi connectivity index (χ2n) is 5.95. The van der Waals surface area contributed by atoms with Crippen LogP contribution in [0.25, 0.3) is 0 Å². The maximum absolute atomic E-state index is 11.1. The largest absolute Gasteiger partial charge is 0.508 e. The van der Waals surface area contributed by atoms with Crippen LogP contribution in [0, 0.1) is 0 Å². The molecule has 6 heteroatoms. The number of carbonyl (C=O) groups excluding carboxylic acids is 1. The standard InChI is InChI=1S/C19H20Cl2O4/c1-11(2)14-6-12(4-5-18(14)22)7-15-16(20)8-13(9-17(15)21)25-10-19(23)24-3/h4-6,8-9,11,22H,7,10H2,1-3H3. The monoisotopic (exact) mass is 382 g/mol. The van der Waals surface area contributed by atoms with Crippen LogP contribution in [0.4, 0.5) is 0 Å². The Kier molecular flexibility index (Phi) is 6.57. The molecule has 2 rings (SSSR count). The lowest BCUT2D eigenvalue weighted by Crippen LogP contribution is -2.12. The molecule has 0 atom stereocenters. The quantitative estimate of drug-likeness (QED) is 0.716. The molecule has 0 aliphatic rings. The van der Waals surface area contributed by atoms with E-state index in [9.17, 15) is 9.90 Å². The van der Waals surface area contributed by atoms with Gasteiger partial charge in [0.05, 0.1) is 7.11 Å². The average molecular weight is 383 g/mol. The molecule has 0 aliphatic carbocycles. The summed E-state index contributed by atoms with van der Waals surface area (Å²) in [6, 6.07) is 8.72. The second-order valence-corrected chi connectivity index (χ2v) is 6.77. The van der Waals surface area contributed by atoms with Crippen molar-refractivity contribution < 1.29 is 19.4 Å². The summed E-state index contributed by atoms with van der Waals surface area (Å²) < 4.78 is 9.84. The first-order chi connectivity index (χ1) is 11.8. The number of rotatable bonds is 6. The van der Waals surface area contributed by atoms with Crippen molar-refractivity contribution in [1.82, 2.24) is 0 Å². The number of ether oxygens (including phenoxy) is 2. The van der Waals surface area contributed by atoms with E-state index in [-0.39, 0.29) is 18.3 Å². The summed E-state index contributed by atoms with van der Waals surface area (Å²) in [7, 11) is 1.29. The first-order valence-electron chi connectivity index (χ1n) is 7.81. The molecule has 1 N–H and O–H groups in total. The fraction of sp³-hybridized carbons (Fsp3) is 0.316. The van der Waals surface area contributed by atoms with E-state index in [0.717, 1.165) is 16.7 Å². The Labute approximate surface area is 157 Å².